The second-order valence-electron chi connectivity index (χ2n) is 3.97. The Morgan fingerprint density at radius 1 is 1.36 bits per heavy atom. The Kier molecular flexibility index (Phi) is 4.69. The maximum Gasteiger partial charge on any atom is 0.0578 e. The molecule has 2 N–H and O–H groups in total. The summed E-state index contributed by atoms with van der Waals surface area (Å²) in [5.74, 6) is 0. The van der Waals surface area contributed by atoms with E-state index in [4.69, 9.17) is 5.11 Å². The number of aliphatic hydroxyl groups is 2. The van der Waals surface area contributed by atoms with Crippen molar-refractivity contribution in [2.45, 2.75) is 39.7 Å². The maximum atomic E-state index is 9.35. The summed E-state index contributed by atoms with van der Waals surface area (Å²) in [7, 11) is 0. The van der Waals surface area contributed by atoms with Gasteiger partial charge in [0.2, 0.25) is 0 Å². The standard InChI is InChI=1S/C9H19O2/c1-9(2,3)7-8(11)5-4-6-10/h7-8,10-11H,4-6H2,1-3H3. The summed E-state index contributed by atoms with van der Waals surface area (Å²) in [6.07, 6.45) is 2.87. The molecule has 67 valence electrons. The van der Waals surface area contributed by atoms with Crippen LogP contribution in [0.1, 0.15) is 33.6 Å². The van der Waals surface area contributed by atoms with E-state index < -0.39 is 0 Å². The normalized spacial score (nSPS) is 15.0. The Hall–Kier alpha value is -0.0800. The molecule has 0 aromatic rings. The maximum absolute atomic E-state index is 9.35. The van der Waals surface area contributed by atoms with Gasteiger partial charge in [0.15, 0.2) is 0 Å². The predicted molar refractivity (Wildman–Crippen MR) is 46.1 cm³/mol. The molecular weight excluding hydrogens is 140 g/mol. The molecule has 0 aliphatic rings. The minimum absolute atomic E-state index is 0.0644. The molecule has 0 heterocycles. The molecule has 0 spiro atoms. The molecule has 0 aromatic carbocycles. The molecular formula is C9H19O2. The summed E-state index contributed by atoms with van der Waals surface area (Å²) in [5, 5.41) is 17.8. The third-order valence-electron chi connectivity index (χ3n) is 1.35. The van der Waals surface area contributed by atoms with Gasteiger partial charge in [-0.25, -0.2) is 0 Å². The van der Waals surface area contributed by atoms with Gasteiger partial charge in [0.25, 0.3) is 0 Å². The fourth-order valence-corrected chi connectivity index (χ4v) is 0.961. The van der Waals surface area contributed by atoms with Gasteiger partial charge in [0, 0.05) is 6.61 Å². The van der Waals surface area contributed by atoms with E-state index in [2.05, 4.69) is 20.8 Å². The fraction of sp³-hybridized carbons (Fsp3) is 0.889. The van der Waals surface area contributed by atoms with Crippen molar-refractivity contribution in [1.29, 1.82) is 0 Å². The molecule has 0 saturated heterocycles. The third kappa shape index (κ3) is 7.82. The van der Waals surface area contributed by atoms with Gasteiger partial charge in [-0.3, -0.25) is 0 Å². The first-order valence-electron chi connectivity index (χ1n) is 4.10. The Morgan fingerprint density at radius 2 is 1.91 bits per heavy atom. The van der Waals surface area contributed by atoms with Crippen molar-refractivity contribution < 1.29 is 10.2 Å². The van der Waals surface area contributed by atoms with Gasteiger partial charge in [-0.2, -0.15) is 0 Å². The molecule has 0 rings (SSSR count). The van der Waals surface area contributed by atoms with Crippen LogP contribution in [-0.2, 0) is 0 Å². The van der Waals surface area contributed by atoms with Gasteiger partial charge in [0.05, 0.1) is 6.10 Å². The minimum Gasteiger partial charge on any atom is -0.396 e. The van der Waals surface area contributed by atoms with Crippen LogP contribution in [0.25, 0.3) is 0 Å². The van der Waals surface area contributed by atoms with Gasteiger partial charge in [-0.1, -0.05) is 20.8 Å². The molecule has 0 aliphatic carbocycles. The summed E-state index contributed by atoms with van der Waals surface area (Å²) in [6, 6.07) is 0. The largest absolute Gasteiger partial charge is 0.396 e. The summed E-state index contributed by atoms with van der Waals surface area (Å²) < 4.78 is 0. The third-order valence-corrected chi connectivity index (χ3v) is 1.35. The Labute approximate surface area is 69.2 Å². The molecule has 0 fully saturated rings. The van der Waals surface area contributed by atoms with Crippen molar-refractivity contribution in [2.24, 2.45) is 5.41 Å². The molecule has 0 saturated carbocycles. The zero-order chi connectivity index (χ0) is 8.91. The second kappa shape index (κ2) is 4.73. The highest BCUT2D eigenvalue weighted by Gasteiger charge is 2.16. The number of hydrogen-bond donors (Lipinski definition) is 2. The Morgan fingerprint density at radius 3 is 2.27 bits per heavy atom. The molecule has 11 heavy (non-hydrogen) atoms. The second-order valence-corrected chi connectivity index (χ2v) is 3.97. The average Bonchev–Trinajstić information content (AvgIpc) is 1.79. The van der Waals surface area contributed by atoms with Gasteiger partial charge in [-0.05, 0) is 24.7 Å². The summed E-state index contributed by atoms with van der Waals surface area (Å²) in [4.78, 5) is 0. The van der Waals surface area contributed by atoms with Crippen LogP contribution >= 0.6 is 0 Å². The van der Waals surface area contributed by atoms with Crippen LogP contribution in [0.2, 0.25) is 0 Å². The van der Waals surface area contributed by atoms with E-state index in [-0.39, 0.29) is 18.1 Å². The van der Waals surface area contributed by atoms with Crippen LogP contribution in [-0.4, -0.2) is 22.9 Å². The van der Waals surface area contributed by atoms with Crippen LogP contribution in [0, 0.1) is 11.8 Å². The number of rotatable bonds is 4. The molecule has 2 heteroatoms. The van der Waals surface area contributed by atoms with Crippen LogP contribution in [0.3, 0.4) is 0 Å². The van der Waals surface area contributed by atoms with Crippen LogP contribution < -0.4 is 0 Å². The first kappa shape index (κ1) is 10.9. The fourth-order valence-electron chi connectivity index (χ4n) is 0.961. The topological polar surface area (TPSA) is 40.5 Å². The first-order chi connectivity index (χ1) is 4.95. The van der Waals surface area contributed by atoms with Crippen molar-refractivity contribution in [3.8, 4) is 0 Å². The van der Waals surface area contributed by atoms with E-state index in [0.717, 1.165) is 0 Å². The molecule has 2 nitrogen and oxygen atoms in total. The highest BCUT2D eigenvalue weighted by molar-refractivity contribution is 4.87. The molecule has 1 unspecified atom stereocenters. The highest BCUT2D eigenvalue weighted by Crippen LogP contribution is 2.21. The Balaban J connectivity index is 3.44. The quantitative estimate of drug-likeness (QED) is 0.650. The van der Waals surface area contributed by atoms with Crippen LogP contribution in [0.4, 0.5) is 0 Å². The molecule has 1 atom stereocenters. The van der Waals surface area contributed by atoms with Crippen molar-refractivity contribution >= 4 is 0 Å². The Bertz CT molecular complexity index is 94.2. The lowest BCUT2D eigenvalue weighted by Crippen LogP contribution is -2.18. The molecule has 0 aliphatic heterocycles. The van der Waals surface area contributed by atoms with E-state index in [1.807, 2.05) is 6.42 Å². The lowest BCUT2D eigenvalue weighted by atomic mass is 9.88. The van der Waals surface area contributed by atoms with Crippen LogP contribution in [0.15, 0.2) is 0 Å². The van der Waals surface area contributed by atoms with Crippen molar-refractivity contribution in [3.05, 3.63) is 6.42 Å². The number of aliphatic hydroxyl groups excluding tert-OH is 2. The summed E-state index contributed by atoms with van der Waals surface area (Å²) in [6.45, 7) is 6.31. The van der Waals surface area contributed by atoms with Crippen molar-refractivity contribution in [2.75, 3.05) is 6.61 Å². The van der Waals surface area contributed by atoms with Gasteiger partial charge >= 0.3 is 0 Å². The van der Waals surface area contributed by atoms with Crippen molar-refractivity contribution in [1.82, 2.24) is 0 Å². The van der Waals surface area contributed by atoms with E-state index in [1.54, 1.807) is 0 Å². The predicted octanol–water partition coefficient (Wildman–Crippen LogP) is 1.37. The molecule has 1 radical (unpaired) electrons. The lowest BCUT2D eigenvalue weighted by molar-refractivity contribution is 0.155. The van der Waals surface area contributed by atoms with E-state index in [1.165, 1.54) is 0 Å². The van der Waals surface area contributed by atoms with Gasteiger partial charge in [0.1, 0.15) is 0 Å². The molecule has 0 bridgehead atoms. The highest BCUT2D eigenvalue weighted by atomic mass is 16.3. The lowest BCUT2D eigenvalue weighted by Gasteiger charge is -2.21. The van der Waals surface area contributed by atoms with E-state index >= 15 is 0 Å². The molecule has 0 aromatic heterocycles. The van der Waals surface area contributed by atoms with Gasteiger partial charge in [-0.15, -0.1) is 0 Å². The molecule has 0 amide bonds. The monoisotopic (exact) mass is 159 g/mol. The number of hydrogen-bond acceptors (Lipinski definition) is 2. The summed E-state index contributed by atoms with van der Waals surface area (Å²) in [5.41, 5.74) is 0.0644. The smallest absolute Gasteiger partial charge is 0.0578 e. The summed E-state index contributed by atoms with van der Waals surface area (Å²) >= 11 is 0. The van der Waals surface area contributed by atoms with E-state index in [9.17, 15) is 5.11 Å². The van der Waals surface area contributed by atoms with E-state index in [0.29, 0.717) is 12.8 Å². The minimum atomic E-state index is -0.373. The zero-order valence-electron chi connectivity index (χ0n) is 7.67. The first-order valence-corrected chi connectivity index (χ1v) is 4.10. The van der Waals surface area contributed by atoms with Crippen molar-refractivity contribution in [3.63, 3.8) is 0 Å². The average molecular weight is 159 g/mol. The van der Waals surface area contributed by atoms with Crippen LogP contribution in [0.5, 0.6) is 0 Å². The zero-order valence-corrected chi connectivity index (χ0v) is 7.67. The SMILES string of the molecule is CC(C)(C)[CH]C(O)CCCO. The van der Waals surface area contributed by atoms with Gasteiger partial charge < -0.3 is 10.2 Å².